The van der Waals surface area contributed by atoms with Gasteiger partial charge < -0.3 is 19.8 Å². The number of hydrogen-bond donors (Lipinski definition) is 2. The second-order valence-corrected chi connectivity index (χ2v) is 9.14. The van der Waals surface area contributed by atoms with Crippen molar-refractivity contribution in [3.8, 4) is 0 Å². The van der Waals surface area contributed by atoms with E-state index in [2.05, 4.69) is 10.6 Å². The highest BCUT2D eigenvalue weighted by molar-refractivity contribution is 6.10. The summed E-state index contributed by atoms with van der Waals surface area (Å²) in [5, 5.41) is 5.66. The summed E-state index contributed by atoms with van der Waals surface area (Å²) in [6, 6.07) is 6.82. The van der Waals surface area contributed by atoms with Gasteiger partial charge in [0.05, 0.1) is 22.9 Å². The molecule has 2 N–H and O–H groups in total. The Morgan fingerprint density at radius 2 is 1.94 bits per heavy atom. The monoisotopic (exact) mass is 424 g/mol. The van der Waals surface area contributed by atoms with Crippen LogP contribution in [0.1, 0.15) is 75.7 Å². The third-order valence-electron chi connectivity index (χ3n) is 5.92. The van der Waals surface area contributed by atoms with E-state index in [1.807, 2.05) is 13.8 Å². The topological polar surface area (TPSA) is 97.6 Å². The van der Waals surface area contributed by atoms with E-state index < -0.39 is 5.91 Å². The van der Waals surface area contributed by atoms with Crippen molar-refractivity contribution in [1.82, 2.24) is 5.32 Å². The summed E-state index contributed by atoms with van der Waals surface area (Å²) in [5.41, 5.74) is 1.62. The van der Waals surface area contributed by atoms with Crippen molar-refractivity contribution in [3.05, 3.63) is 52.5 Å². The summed E-state index contributed by atoms with van der Waals surface area (Å²) in [4.78, 5) is 38.3. The number of carbonyl (C=O) groups excluding carboxylic acids is 3. The highest BCUT2D eigenvalue weighted by Crippen LogP contribution is 2.38. The molecule has 0 saturated carbocycles. The molecule has 1 aliphatic carbocycles. The van der Waals surface area contributed by atoms with E-state index >= 15 is 0 Å². The number of amides is 2. The number of ketones is 1. The highest BCUT2D eigenvalue weighted by Gasteiger charge is 2.37. The van der Waals surface area contributed by atoms with Crippen LogP contribution < -0.4 is 10.6 Å². The summed E-state index contributed by atoms with van der Waals surface area (Å²) >= 11 is 0. The molecule has 164 valence electrons. The number of rotatable bonds is 5. The maximum atomic E-state index is 13.0. The van der Waals surface area contributed by atoms with E-state index in [1.54, 1.807) is 31.2 Å². The van der Waals surface area contributed by atoms with Gasteiger partial charge in [0.15, 0.2) is 11.5 Å². The largest absolute Gasteiger partial charge is 0.455 e. The Labute approximate surface area is 181 Å². The van der Waals surface area contributed by atoms with Crippen LogP contribution in [0.3, 0.4) is 0 Å². The molecule has 2 aromatic rings. The van der Waals surface area contributed by atoms with Crippen molar-refractivity contribution in [3.63, 3.8) is 0 Å². The predicted molar refractivity (Wildman–Crippen MR) is 116 cm³/mol. The highest BCUT2D eigenvalue weighted by atomic mass is 16.5. The van der Waals surface area contributed by atoms with Gasteiger partial charge in [-0.2, -0.15) is 0 Å². The quantitative estimate of drug-likeness (QED) is 0.759. The Hall–Kier alpha value is -2.93. The van der Waals surface area contributed by atoms with Gasteiger partial charge in [0.1, 0.15) is 5.76 Å². The lowest BCUT2D eigenvalue weighted by Gasteiger charge is -2.27. The fourth-order valence-electron chi connectivity index (χ4n) is 4.38. The Kier molecular flexibility index (Phi) is 5.71. The number of furan rings is 1. The predicted octanol–water partition coefficient (Wildman–Crippen LogP) is 3.90. The lowest BCUT2D eigenvalue weighted by molar-refractivity contribution is 0.0857. The zero-order valence-corrected chi connectivity index (χ0v) is 18.2. The number of hydrogen-bond acceptors (Lipinski definition) is 5. The second kappa shape index (κ2) is 8.30. The molecule has 31 heavy (non-hydrogen) atoms. The molecule has 2 amide bonds. The molecular formula is C24H28N2O5. The van der Waals surface area contributed by atoms with Crippen LogP contribution in [-0.2, 0) is 11.2 Å². The molecule has 1 atom stereocenters. The van der Waals surface area contributed by atoms with E-state index in [0.717, 1.165) is 19.4 Å². The lowest BCUT2D eigenvalue weighted by Crippen LogP contribution is -2.32. The maximum absolute atomic E-state index is 13.0. The minimum absolute atomic E-state index is 0.000426. The van der Waals surface area contributed by atoms with Crippen LogP contribution in [0.4, 0.5) is 5.69 Å². The SMILES string of the molecule is Cc1c(C(=O)Nc2ccccc2C(=O)NC[C@H]2CCCO2)oc2c1C(=O)CC(C)(C)C2. The zero-order valence-electron chi connectivity index (χ0n) is 18.2. The molecule has 2 aliphatic rings. The first-order valence-corrected chi connectivity index (χ1v) is 10.7. The van der Waals surface area contributed by atoms with Crippen molar-refractivity contribution in [2.45, 2.75) is 52.6 Å². The molecule has 1 saturated heterocycles. The Morgan fingerprint density at radius 3 is 2.68 bits per heavy atom. The van der Waals surface area contributed by atoms with Gasteiger partial charge in [-0.15, -0.1) is 0 Å². The number of nitrogens with one attached hydrogen (secondary N) is 2. The van der Waals surface area contributed by atoms with Crippen LogP contribution >= 0.6 is 0 Å². The molecule has 0 radical (unpaired) electrons. The van der Waals surface area contributed by atoms with Gasteiger partial charge in [-0.1, -0.05) is 26.0 Å². The Morgan fingerprint density at radius 1 is 1.16 bits per heavy atom. The Bertz CT molecular complexity index is 1030. The normalized spacial score (nSPS) is 19.7. The van der Waals surface area contributed by atoms with Gasteiger partial charge in [-0.3, -0.25) is 14.4 Å². The van der Waals surface area contributed by atoms with Crippen molar-refractivity contribution in [2.75, 3.05) is 18.5 Å². The minimum atomic E-state index is -0.475. The second-order valence-electron chi connectivity index (χ2n) is 9.14. The number of carbonyl (C=O) groups is 3. The van der Waals surface area contributed by atoms with E-state index in [0.29, 0.717) is 47.5 Å². The number of Topliss-reactive ketones (excluding diaryl/α,β-unsaturated/α-hetero) is 1. The number of anilines is 1. The first-order valence-electron chi connectivity index (χ1n) is 10.7. The molecule has 1 fully saturated rings. The molecule has 2 heterocycles. The van der Waals surface area contributed by atoms with E-state index in [4.69, 9.17) is 9.15 Å². The smallest absolute Gasteiger partial charge is 0.291 e. The van der Waals surface area contributed by atoms with Crippen LogP contribution in [0.15, 0.2) is 28.7 Å². The number of benzene rings is 1. The van der Waals surface area contributed by atoms with Crippen molar-refractivity contribution in [2.24, 2.45) is 5.41 Å². The summed E-state index contributed by atoms with van der Waals surface area (Å²) in [6.07, 6.45) is 2.99. The third-order valence-corrected chi connectivity index (χ3v) is 5.92. The third kappa shape index (κ3) is 4.42. The lowest BCUT2D eigenvalue weighted by atomic mass is 9.76. The van der Waals surface area contributed by atoms with Gasteiger partial charge in [-0.05, 0) is 37.3 Å². The first kappa shape index (κ1) is 21.3. The fraction of sp³-hybridized carbons (Fsp3) is 0.458. The summed E-state index contributed by atoms with van der Waals surface area (Å²) in [7, 11) is 0. The molecule has 7 heteroatoms. The molecule has 1 aromatic carbocycles. The summed E-state index contributed by atoms with van der Waals surface area (Å²) < 4.78 is 11.4. The maximum Gasteiger partial charge on any atom is 0.291 e. The van der Waals surface area contributed by atoms with Gasteiger partial charge in [-0.25, -0.2) is 0 Å². The van der Waals surface area contributed by atoms with Crippen LogP contribution in [-0.4, -0.2) is 36.9 Å². The van der Waals surface area contributed by atoms with Crippen LogP contribution in [0, 0.1) is 12.3 Å². The molecule has 1 aromatic heterocycles. The van der Waals surface area contributed by atoms with Crippen molar-refractivity contribution >= 4 is 23.3 Å². The van der Waals surface area contributed by atoms with E-state index in [1.165, 1.54) is 0 Å². The van der Waals surface area contributed by atoms with E-state index in [9.17, 15) is 14.4 Å². The number of ether oxygens (including phenoxy) is 1. The molecular weight excluding hydrogens is 396 g/mol. The van der Waals surface area contributed by atoms with Crippen molar-refractivity contribution in [1.29, 1.82) is 0 Å². The molecule has 1 aliphatic heterocycles. The standard InChI is InChI=1S/C24H28N2O5/c1-14-20-18(27)11-24(2,3)12-19(20)31-21(14)23(29)26-17-9-5-4-8-16(17)22(28)25-13-15-7-6-10-30-15/h4-5,8-9,15H,6-7,10-13H2,1-3H3,(H,25,28)(H,26,29)/t15-/m1/s1. The molecule has 4 rings (SSSR count). The average Bonchev–Trinajstić information content (AvgIpc) is 3.33. The minimum Gasteiger partial charge on any atom is -0.455 e. The summed E-state index contributed by atoms with van der Waals surface area (Å²) in [6.45, 7) is 6.91. The molecule has 0 unspecified atom stereocenters. The molecule has 0 bridgehead atoms. The van der Waals surface area contributed by atoms with Crippen LogP contribution in [0.2, 0.25) is 0 Å². The molecule has 7 nitrogen and oxygen atoms in total. The van der Waals surface area contributed by atoms with Gasteiger partial charge in [0.2, 0.25) is 0 Å². The first-order chi connectivity index (χ1) is 14.7. The zero-order chi connectivity index (χ0) is 22.2. The fourth-order valence-corrected chi connectivity index (χ4v) is 4.38. The van der Waals surface area contributed by atoms with Gasteiger partial charge in [0, 0.05) is 31.6 Å². The van der Waals surface area contributed by atoms with Gasteiger partial charge in [0.25, 0.3) is 11.8 Å². The number of para-hydroxylation sites is 1. The Balaban J connectivity index is 1.52. The number of fused-ring (bicyclic) bond motifs is 1. The molecule has 0 spiro atoms. The van der Waals surface area contributed by atoms with Crippen molar-refractivity contribution < 1.29 is 23.5 Å². The summed E-state index contributed by atoms with van der Waals surface area (Å²) in [5.74, 6) is -0.0757. The average molecular weight is 424 g/mol. The van der Waals surface area contributed by atoms with Crippen LogP contribution in [0.5, 0.6) is 0 Å². The van der Waals surface area contributed by atoms with Gasteiger partial charge >= 0.3 is 0 Å². The van der Waals surface area contributed by atoms with Crippen LogP contribution in [0.25, 0.3) is 0 Å². The van der Waals surface area contributed by atoms with E-state index in [-0.39, 0.29) is 29.0 Å².